The lowest BCUT2D eigenvalue weighted by Crippen LogP contribution is -2.48. The molecule has 0 unspecified atom stereocenters. The Hall–Kier alpha value is -2.96. The van der Waals surface area contributed by atoms with Gasteiger partial charge >= 0.3 is 0 Å². The van der Waals surface area contributed by atoms with Crippen LogP contribution >= 0.6 is 0 Å². The van der Waals surface area contributed by atoms with Crippen molar-refractivity contribution in [3.63, 3.8) is 0 Å². The van der Waals surface area contributed by atoms with Gasteiger partial charge in [0.1, 0.15) is 0 Å². The molecule has 4 rings (SSSR count). The molecule has 0 spiro atoms. The molecule has 2 aromatic carbocycles. The molecular weight excluding hydrogens is 374 g/mol. The fourth-order valence-corrected chi connectivity index (χ4v) is 3.98. The van der Waals surface area contributed by atoms with Gasteiger partial charge in [0, 0.05) is 51.2 Å². The smallest absolute Gasteiger partial charge is 0.272 e. The van der Waals surface area contributed by atoms with Crippen LogP contribution in [0.2, 0.25) is 0 Å². The van der Waals surface area contributed by atoms with E-state index < -0.39 is 0 Å². The number of nitrogens with one attached hydrogen (secondary N) is 1. The molecule has 1 aliphatic rings. The van der Waals surface area contributed by atoms with Crippen LogP contribution in [-0.2, 0) is 13.1 Å². The van der Waals surface area contributed by atoms with E-state index in [1.807, 2.05) is 28.9 Å². The number of carbonyl (C=O) groups is 1. The zero-order valence-electron chi connectivity index (χ0n) is 17.3. The summed E-state index contributed by atoms with van der Waals surface area (Å²) in [5.41, 5.74) is 2.80. The van der Waals surface area contributed by atoms with Gasteiger partial charge in [0.15, 0.2) is 5.69 Å². The molecule has 0 aliphatic carbocycles. The van der Waals surface area contributed by atoms with Crippen molar-refractivity contribution in [3.05, 3.63) is 78.5 Å². The summed E-state index contributed by atoms with van der Waals surface area (Å²) in [6.07, 6.45) is 1.79. The third-order valence-corrected chi connectivity index (χ3v) is 5.60. The number of piperazine rings is 1. The van der Waals surface area contributed by atoms with Gasteiger partial charge in [0.2, 0.25) is 0 Å². The van der Waals surface area contributed by atoms with Crippen molar-refractivity contribution < 1.29 is 4.79 Å². The molecule has 2 heterocycles. The highest BCUT2D eigenvalue weighted by Crippen LogP contribution is 2.18. The molecule has 0 atom stereocenters. The number of rotatable bonds is 8. The molecule has 0 radical (unpaired) electrons. The van der Waals surface area contributed by atoms with Gasteiger partial charge in [-0.2, -0.15) is 5.10 Å². The van der Waals surface area contributed by atoms with Crippen molar-refractivity contribution in [2.45, 2.75) is 13.1 Å². The summed E-state index contributed by atoms with van der Waals surface area (Å²) in [5.74, 6) is -0.114. The zero-order chi connectivity index (χ0) is 20.8. The Labute approximate surface area is 177 Å². The Bertz CT molecular complexity index is 989. The minimum absolute atomic E-state index is 0.114. The maximum Gasteiger partial charge on any atom is 0.272 e. The first kappa shape index (κ1) is 20.3. The van der Waals surface area contributed by atoms with E-state index in [9.17, 15) is 4.79 Å². The average Bonchev–Trinajstić information content (AvgIpc) is 3.15. The number of hydrogen-bond acceptors (Lipinski definition) is 4. The molecule has 1 aromatic heterocycles. The molecule has 30 heavy (non-hydrogen) atoms. The maximum atomic E-state index is 12.7. The van der Waals surface area contributed by atoms with Crippen LogP contribution in [0, 0.1) is 0 Å². The van der Waals surface area contributed by atoms with Crippen LogP contribution < -0.4 is 5.32 Å². The lowest BCUT2D eigenvalue weighted by molar-refractivity contribution is 0.0930. The first-order valence-electron chi connectivity index (χ1n) is 10.6. The van der Waals surface area contributed by atoms with Gasteiger partial charge in [0.05, 0.1) is 12.1 Å². The van der Waals surface area contributed by atoms with Crippen LogP contribution in [0.5, 0.6) is 0 Å². The molecule has 1 amide bonds. The van der Waals surface area contributed by atoms with Crippen LogP contribution in [0.25, 0.3) is 10.9 Å². The fourth-order valence-electron chi connectivity index (χ4n) is 3.98. The van der Waals surface area contributed by atoms with Gasteiger partial charge in [-0.1, -0.05) is 54.6 Å². The van der Waals surface area contributed by atoms with Crippen LogP contribution in [-0.4, -0.2) is 64.8 Å². The van der Waals surface area contributed by atoms with Crippen LogP contribution in [0.1, 0.15) is 16.1 Å². The standard InChI is InChI=1S/C24H29N5O/c1-2-13-29-22-11-7-6-10-21(22)23(26-29)24(30)25-12-14-27-15-17-28(18-16-27)19-20-8-4-3-5-9-20/h2-11H,1,12-19H2,(H,25,30). The Kier molecular flexibility index (Phi) is 6.57. The van der Waals surface area contributed by atoms with Gasteiger partial charge in [-0.05, 0) is 11.6 Å². The number of aromatic nitrogens is 2. The quantitative estimate of drug-likeness (QED) is 0.588. The second-order valence-corrected chi connectivity index (χ2v) is 7.70. The fraction of sp³-hybridized carbons (Fsp3) is 0.333. The summed E-state index contributed by atoms with van der Waals surface area (Å²) >= 11 is 0. The summed E-state index contributed by atoms with van der Waals surface area (Å²) in [5, 5.41) is 8.44. The van der Waals surface area contributed by atoms with Crippen molar-refractivity contribution in [3.8, 4) is 0 Å². The third-order valence-electron chi connectivity index (χ3n) is 5.60. The highest BCUT2D eigenvalue weighted by Gasteiger charge is 2.19. The normalized spacial score (nSPS) is 15.3. The third kappa shape index (κ3) is 4.78. The molecule has 156 valence electrons. The number of fused-ring (bicyclic) bond motifs is 1. The van der Waals surface area contributed by atoms with Crippen molar-refractivity contribution in [2.24, 2.45) is 0 Å². The Morgan fingerprint density at radius 3 is 2.47 bits per heavy atom. The summed E-state index contributed by atoms with van der Waals surface area (Å²) in [6, 6.07) is 18.4. The van der Waals surface area contributed by atoms with Gasteiger partial charge in [-0.3, -0.25) is 19.3 Å². The number of hydrogen-bond donors (Lipinski definition) is 1. The molecule has 1 fully saturated rings. The lowest BCUT2D eigenvalue weighted by atomic mass is 10.2. The minimum Gasteiger partial charge on any atom is -0.349 e. The molecule has 1 N–H and O–H groups in total. The summed E-state index contributed by atoms with van der Waals surface area (Å²) in [7, 11) is 0. The highest BCUT2D eigenvalue weighted by molar-refractivity contribution is 6.04. The monoisotopic (exact) mass is 403 g/mol. The topological polar surface area (TPSA) is 53.4 Å². The SMILES string of the molecule is C=CCn1nc(C(=O)NCCN2CCN(Cc3ccccc3)CC2)c2ccccc21. The van der Waals surface area contributed by atoms with Gasteiger partial charge in [0.25, 0.3) is 5.91 Å². The van der Waals surface area contributed by atoms with Crippen LogP contribution in [0.4, 0.5) is 0 Å². The predicted octanol–water partition coefficient (Wildman–Crippen LogP) is 2.77. The summed E-state index contributed by atoms with van der Waals surface area (Å²) in [6.45, 7) is 11.0. The second-order valence-electron chi connectivity index (χ2n) is 7.70. The van der Waals surface area contributed by atoms with E-state index in [-0.39, 0.29) is 5.91 Å². The van der Waals surface area contributed by atoms with Crippen molar-refractivity contribution in [1.82, 2.24) is 24.9 Å². The first-order valence-corrected chi connectivity index (χ1v) is 10.6. The molecule has 6 heteroatoms. The molecule has 1 saturated heterocycles. The largest absolute Gasteiger partial charge is 0.349 e. The van der Waals surface area contributed by atoms with Crippen molar-refractivity contribution in [1.29, 1.82) is 0 Å². The van der Waals surface area contributed by atoms with E-state index in [0.29, 0.717) is 18.8 Å². The van der Waals surface area contributed by atoms with E-state index >= 15 is 0 Å². The molecule has 1 aliphatic heterocycles. The molecule has 6 nitrogen and oxygen atoms in total. The number of para-hydroxylation sites is 1. The first-order chi connectivity index (χ1) is 14.7. The predicted molar refractivity (Wildman–Crippen MR) is 120 cm³/mol. The number of allylic oxidation sites excluding steroid dienone is 1. The molecule has 0 bridgehead atoms. The lowest BCUT2D eigenvalue weighted by Gasteiger charge is -2.34. The number of carbonyl (C=O) groups excluding carboxylic acids is 1. The Balaban J connectivity index is 1.26. The number of benzene rings is 2. The zero-order valence-corrected chi connectivity index (χ0v) is 17.3. The average molecular weight is 404 g/mol. The van der Waals surface area contributed by atoms with Gasteiger partial charge < -0.3 is 5.32 Å². The van der Waals surface area contributed by atoms with Crippen LogP contribution in [0.3, 0.4) is 0 Å². The van der Waals surface area contributed by atoms with Gasteiger partial charge in [-0.25, -0.2) is 0 Å². The van der Waals surface area contributed by atoms with Gasteiger partial charge in [-0.15, -0.1) is 6.58 Å². The van der Waals surface area contributed by atoms with Crippen LogP contribution in [0.15, 0.2) is 67.3 Å². The Morgan fingerprint density at radius 2 is 1.70 bits per heavy atom. The molecular formula is C24H29N5O. The number of nitrogens with zero attached hydrogens (tertiary/aromatic N) is 4. The van der Waals surface area contributed by atoms with E-state index in [0.717, 1.165) is 50.2 Å². The number of amides is 1. The highest BCUT2D eigenvalue weighted by atomic mass is 16.1. The van der Waals surface area contributed by atoms with E-state index in [1.165, 1.54) is 5.56 Å². The second kappa shape index (κ2) is 9.69. The van der Waals surface area contributed by atoms with Crippen molar-refractivity contribution >= 4 is 16.8 Å². The molecule has 3 aromatic rings. The maximum absolute atomic E-state index is 12.7. The summed E-state index contributed by atoms with van der Waals surface area (Å²) in [4.78, 5) is 17.6. The Morgan fingerprint density at radius 1 is 1.00 bits per heavy atom. The van der Waals surface area contributed by atoms with Crippen molar-refractivity contribution in [2.75, 3.05) is 39.3 Å². The minimum atomic E-state index is -0.114. The van der Waals surface area contributed by atoms with E-state index in [1.54, 1.807) is 6.08 Å². The van der Waals surface area contributed by atoms with E-state index in [2.05, 4.69) is 57.1 Å². The van der Waals surface area contributed by atoms with E-state index in [4.69, 9.17) is 0 Å². The summed E-state index contributed by atoms with van der Waals surface area (Å²) < 4.78 is 1.82. The molecule has 0 saturated carbocycles.